The molecule has 0 aliphatic carbocycles. The van der Waals surface area contributed by atoms with Gasteiger partial charge >= 0.3 is 0 Å². The predicted octanol–water partition coefficient (Wildman–Crippen LogP) is 1.10. The number of ether oxygens (including phenoxy) is 1. The van der Waals surface area contributed by atoms with E-state index in [1.54, 1.807) is 7.11 Å². The van der Waals surface area contributed by atoms with Gasteiger partial charge in [0.2, 0.25) is 0 Å². The van der Waals surface area contributed by atoms with Gasteiger partial charge in [-0.15, -0.1) is 0 Å². The van der Waals surface area contributed by atoms with Crippen molar-refractivity contribution in [2.45, 2.75) is 19.6 Å². The highest BCUT2D eigenvalue weighted by molar-refractivity contribution is 5.09. The van der Waals surface area contributed by atoms with Crippen LogP contribution in [0.15, 0.2) is 10.8 Å². The van der Waals surface area contributed by atoms with Crippen molar-refractivity contribution in [1.82, 2.24) is 10.3 Å². The average molecular weight is 170 g/mol. The molecule has 1 rings (SSSR count). The number of oxazole rings is 1. The van der Waals surface area contributed by atoms with Crippen LogP contribution in [0, 0.1) is 0 Å². The monoisotopic (exact) mass is 170 g/mol. The van der Waals surface area contributed by atoms with E-state index in [4.69, 9.17) is 9.15 Å². The van der Waals surface area contributed by atoms with Gasteiger partial charge in [-0.25, -0.2) is 4.98 Å². The molecule has 0 aromatic carbocycles. The van der Waals surface area contributed by atoms with E-state index in [0.29, 0.717) is 6.54 Å². The topological polar surface area (TPSA) is 47.3 Å². The summed E-state index contributed by atoms with van der Waals surface area (Å²) < 4.78 is 10.3. The summed E-state index contributed by atoms with van der Waals surface area (Å²) in [4.78, 5) is 4.07. The Balaban J connectivity index is 2.76. The van der Waals surface area contributed by atoms with Gasteiger partial charge in [-0.3, -0.25) is 0 Å². The van der Waals surface area contributed by atoms with Gasteiger partial charge in [0.1, 0.15) is 6.10 Å². The van der Waals surface area contributed by atoms with Crippen LogP contribution in [0.5, 0.6) is 0 Å². The molecule has 0 fully saturated rings. The molecule has 0 aliphatic rings. The minimum atomic E-state index is -0.0316. The van der Waals surface area contributed by atoms with E-state index < -0.39 is 0 Å². The van der Waals surface area contributed by atoms with Gasteiger partial charge in [0.25, 0.3) is 0 Å². The molecule has 0 radical (unpaired) electrons. The summed E-state index contributed by atoms with van der Waals surface area (Å²) in [7, 11) is 3.52. The molecule has 0 spiro atoms. The number of hydrogen-bond donors (Lipinski definition) is 1. The van der Waals surface area contributed by atoms with Crippen molar-refractivity contribution in [2.24, 2.45) is 0 Å². The molecule has 0 saturated carbocycles. The van der Waals surface area contributed by atoms with E-state index in [-0.39, 0.29) is 6.10 Å². The van der Waals surface area contributed by atoms with Crippen molar-refractivity contribution in [1.29, 1.82) is 0 Å². The third kappa shape index (κ3) is 1.84. The maximum absolute atomic E-state index is 5.19. The highest BCUT2D eigenvalue weighted by Gasteiger charge is 2.13. The molecule has 1 aromatic rings. The molecular weight excluding hydrogens is 156 g/mol. The summed E-state index contributed by atoms with van der Waals surface area (Å²) in [6.45, 7) is 2.64. The van der Waals surface area contributed by atoms with E-state index in [1.165, 1.54) is 6.39 Å². The zero-order chi connectivity index (χ0) is 8.97. The number of aromatic nitrogens is 1. The Morgan fingerprint density at radius 3 is 3.08 bits per heavy atom. The number of methoxy groups -OCH3 is 1. The van der Waals surface area contributed by atoms with Crippen LogP contribution in [-0.4, -0.2) is 19.1 Å². The van der Waals surface area contributed by atoms with Crippen molar-refractivity contribution in [3.8, 4) is 0 Å². The Kier molecular flexibility index (Phi) is 3.25. The third-order valence-corrected chi connectivity index (χ3v) is 1.74. The van der Waals surface area contributed by atoms with Crippen LogP contribution in [0.1, 0.15) is 24.5 Å². The molecule has 0 bridgehead atoms. The van der Waals surface area contributed by atoms with Crippen LogP contribution in [-0.2, 0) is 11.3 Å². The first kappa shape index (κ1) is 9.22. The van der Waals surface area contributed by atoms with Gasteiger partial charge in [0.05, 0.1) is 5.69 Å². The first-order valence-electron chi connectivity index (χ1n) is 3.89. The molecule has 4 nitrogen and oxygen atoms in total. The molecule has 4 heteroatoms. The van der Waals surface area contributed by atoms with E-state index >= 15 is 0 Å². The van der Waals surface area contributed by atoms with E-state index in [0.717, 1.165) is 11.5 Å². The largest absolute Gasteiger partial charge is 0.445 e. The molecular formula is C8H14N2O2. The maximum atomic E-state index is 5.19. The standard InChI is InChI=1S/C8H14N2O2/c1-6(11-3)8-7(4-9-2)10-5-12-8/h5-6,9H,4H2,1-3H3. The Morgan fingerprint density at radius 1 is 1.75 bits per heavy atom. The molecule has 0 aliphatic heterocycles. The molecule has 1 unspecified atom stereocenters. The summed E-state index contributed by atoms with van der Waals surface area (Å²) in [6.07, 6.45) is 1.41. The summed E-state index contributed by atoms with van der Waals surface area (Å²) in [5.74, 6) is 0.798. The summed E-state index contributed by atoms with van der Waals surface area (Å²) in [5.41, 5.74) is 0.909. The van der Waals surface area contributed by atoms with Crippen LogP contribution in [0.2, 0.25) is 0 Å². The summed E-state index contributed by atoms with van der Waals surface area (Å²) in [6, 6.07) is 0. The first-order valence-corrected chi connectivity index (χ1v) is 3.89. The Morgan fingerprint density at radius 2 is 2.50 bits per heavy atom. The van der Waals surface area contributed by atoms with Crippen LogP contribution in [0.25, 0.3) is 0 Å². The van der Waals surface area contributed by atoms with Crippen molar-refractivity contribution in [3.05, 3.63) is 17.8 Å². The second-order valence-electron chi connectivity index (χ2n) is 2.57. The number of nitrogens with zero attached hydrogens (tertiary/aromatic N) is 1. The van der Waals surface area contributed by atoms with E-state index in [1.807, 2.05) is 14.0 Å². The van der Waals surface area contributed by atoms with Crippen molar-refractivity contribution >= 4 is 0 Å². The summed E-state index contributed by atoms with van der Waals surface area (Å²) >= 11 is 0. The maximum Gasteiger partial charge on any atom is 0.181 e. The molecule has 0 saturated heterocycles. The third-order valence-electron chi connectivity index (χ3n) is 1.74. The molecule has 0 amide bonds. The fourth-order valence-electron chi connectivity index (χ4n) is 1.02. The molecule has 1 aromatic heterocycles. The van der Waals surface area contributed by atoms with Gasteiger partial charge < -0.3 is 14.5 Å². The first-order chi connectivity index (χ1) is 5.79. The highest BCUT2D eigenvalue weighted by atomic mass is 16.5. The fourth-order valence-corrected chi connectivity index (χ4v) is 1.02. The van der Waals surface area contributed by atoms with Gasteiger partial charge in [-0.2, -0.15) is 0 Å². The lowest BCUT2D eigenvalue weighted by atomic mass is 10.2. The lowest BCUT2D eigenvalue weighted by Gasteiger charge is -2.06. The lowest BCUT2D eigenvalue weighted by molar-refractivity contribution is 0.0984. The quantitative estimate of drug-likeness (QED) is 0.735. The molecule has 12 heavy (non-hydrogen) atoms. The van der Waals surface area contributed by atoms with Crippen LogP contribution < -0.4 is 5.32 Å². The molecule has 68 valence electrons. The minimum Gasteiger partial charge on any atom is -0.445 e. The second-order valence-corrected chi connectivity index (χ2v) is 2.57. The highest BCUT2D eigenvalue weighted by Crippen LogP contribution is 2.18. The van der Waals surface area contributed by atoms with Crippen molar-refractivity contribution < 1.29 is 9.15 Å². The minimum absolute atomic E-state index is 0.0316. The fraction of sp³-hybridized carbons (Fsp3) is 0.625. The van der Waals surface area contributed by atoms with Gasteiger partial charge in [-0.05, 0) is 14.0 Å². The second kappa shape index (κ2) is 4.23. The zero-order valence-corrected chi connectivity index (χ0v) is 7.63. The van der Waals surface area contributed by atoms with E-state index in [2.05, 4.69) is 10.3 Å². The molecule has 1 N–H and O–H groups in total. The number of hydrogen-bond acceptors (Lipinski definition) is 4. The number of rotatable bonds is 4. The Hall–Kier alpha value is -0.870. The van der Waals surface area contributed by atoms with E-state index in [9.17, 15) is 0 Å². The smallest absolute Gasteiger partial charge is 0.181 e. The lowest BCUT2D eigenvalue weighted by Crippen LogP contribution is -2.09. The van der Waals surface area contributed by atoms with Crippen molar-refractivity contribution in [3.63, 3.8) is 0 Å². The predicted molar refractivity (Wildman–Crippen MR) is 44.7 cm³/mol. The van der Waals surface area contributed by atoms with Crippen LogP contribution >= 0.6 is 0 Å². The molecule has 1 atom stereocenters. The normalized spacial score (nSPS) is 13.2. The Bertz CT molecular complexity index is 235. The number of nitrogens with one attached hydrogen (secondary N) is 1. The zero-order valence-electron chi connectivity index (χ0n) is 7.63. The van der Waals surface area contributed by atoms with Crippen molar-refractivity contribution in [2.75, 3.05) is 14.2 Å². The van der Waals surface area contributed by atoms with Crippen LogP contribution in [0.3, 0.4) is 0 Å². The van der Waals surface area contributed by atoms with Gasteiger partial charge in [-0.1, -0.05) is 0 Å². The average Bonchev–Trinajstić information content (AvgIpc) is 2.52. The Labute approximate surface area is 71.9 Å². The van der Waals surface area contributed by atoms with Gasteiger partial charge in [0.15, 0.2) is 12.2 Å². The molecule has 1 heterocycles. The van der Waals surface area contributed by atoms with Gasteiger partial charge in [0, 0.05) is 13.7 Å². The summed E-state index contributed by atoms with van der Waals surface area (Å²) in [5, 5.41) is 3.01. The SMILES string of the molecule is CNCc1ncoc1C(C)OC. The van der Waals surface area contributed by atoms with Crippen LogP contribution in [0.4, 0.5) is 0 Å².